The zero-order valence-corrected chi connectivity index (χ0v) is 20.7. The van der Waals surface area contributed by atoms with Crippen LogP contribution in [0.3, 0.4) is 0 Å². The number of benzene rings is 2. The molecule has 2 aliphatic rings. The number of carbonyl (C=O) groups is 2. The van der Waals surface area contributed by atoms with E-state index in [4.69, 9.17) is 14.2 Å². The van der Waals surface area contributed by atoms with Crippen molar-refractivity contribution in [2.24, 2.45) is 0 Å². The lowest BCUT2D eigenvalue weighted by molar-refractivity contribution is 0.0322. The van der Waals surface area contributed by atoms with Crippen molar-refractivity contribution in [2.75, 3.05) is 53.1 Å². The largest absolute Gasteiger partial charge is 0.492 e. The van der Waals surface area contributed by atoms with E-state index in [0.717, 1.165) is 60.8 Å². The lowest BCUT2D eigenvalue weighted by atomic mass is 9.97. The summed E-state index contributed by atoms with van der Waals surface area (Å²) in [7, 11) is 1.37. The molecule has 1 amide bonds. The molecular formula is C28H31N3O5. The van der Waals surface area contributed by atoms with Gasteiger partial charge in [-0.1, -0.05) is 25.1 Å². The molecule has 3 aromatic rings. The molecule has 0 N–H and O–H groups in total. The number of carbonyl (C=O) groups excluding carboxylic acids is 2. The molecule has 3 heterocycles. The summed E-state index contributed by atoms with van der Waals surface area (Å²) in [5, 5.41) is 0.989. The van der Waals surface area contributed by atoms with Gasteiger partial charge in [-0.3, -0.25) is 9.69 Å². The van der Waals surface area contributed by atoms with Gasteiger partial charge in [0.25, 0.3) is 5.91 Å². The molecule has 1 unspecified atom stereocenters. The molecule has 0 saturated carbocycles. The van der Waals surface area contributed by atoms with Crippen molar-refractivity contribution in [3.8, 4) is 5.75 Å². The second-order valence-corrected chi connectivity index (χ2v) is 9.12. The molecule has 0 radical (unpaired) electrons. The van der Waals surface area contributed by atoms with Gasteiger partial charge in [0.2, 0.25) is 0 Å². The zero-order chi connectivity index (χ0) is 25.1. The summed E-state index contributed by atoms with van der Waals surface area (Å²) < 4.78 is 17.9. The Morgan fingerprint density at radius 2 is 1.81 bits per heavy atom. The number of hydrogen-bond acceptors (Lipinski definition) is 6. The van der Waals surface area contributed by atoms with Crippen LogP contribution < -0.4 is 4.74 Å². The number of para-hydroxylation sites is 1. The van der Waals surface area contributed by atoms with Crippen molar-refractivity contribution in [2.45, 2.75) is 12.8 Å². The van der Waals surface area contributed by atoms with E-state index in [2.05, 4.69) is 11.8 Å². The van der Waals surface area contributed by atoms with E-state index in [1.54, 1.807) is 27.8 Å². The normalized spacial score (nSPS) is 18.1. The summed E-state index contributed by atoms with van der Waals surface area (Å²) >= 11 is 0. The minimum absolute atomic E-state index is 0.0116. The zero-order valence-electron chi connectivity index (χ0n) is 20.7. The first-order valence-electron chi connectivity index (χ1n) is 12.3. The fourth-order valence-corrected chi connectivity index (χ4v) is 4.99. The number of aromatic nitrogens is 1. The van der Waals surface area contributed by atoms with Gasteiger partial charge in [0.1, 0.15) is 12.4 Å². The standard InChI is InChI=1S/C28H31N3O5/c1-20-19-30(12-11-25-26(20)23-5-3-4-6-24(23)31(25)28(33)34-2)27(32)21-7-9-22(10-8-21)36-18-15-29-13-16-35-17-14-29/h3-12,20H,13-19H2,1-2H3. The monoisotopic (exact) mass is 489 g/mol. The van der Waals surface area contributed by atoms with Gasteiger partial charge in [-0.25, -0.2) is 9.36 Å². The Morgan fingerprint density at radius 3 is 2.56 bits per heavy atom. The predicted molar refractivity (Wildman–Crippen MR) is 137 cm³/mol. The van der Waals surface area contributed by atoms with E-state index in [-0.39, 0.29) is 11.8 Å². The number of morpholine rings is 1. The number of methoxy groups -OCH3 is 1. The fraction of sp³-hybridized carbons (Fsp3) is 0.357. The van der Waals surface area contributed by atoms with Crippen molar-refractivity contribution >= 4 is 29.0 Å². The van der Waals surface area contributed by atoms with Crippen molar-refractivity contribution in [1.29, 1.82) is 0 Å². The molecule has 8 nitrogen and oxygen atoms in total. The van der Waals surface area contributed by atoms with Gasteiger partial charge in [0.05, 0.1) is 31.5 Å². The van der Waals surface area contributed by atoms with Crippen LogP contribution in [-0.4, -0.2) is 79.5 Å². The molecule has 0 aliphatic carbocycles. The summed E-state index contributed by atoms with van der Waals surface area (Å²) in [6, 6.07) is 15.1. The molecule has 2 aliphatic heterocycles. The van der Waals surface area contributed by atoms with Gasteiger partial charge >= 0.3 is 6.09 Å². The van der Waals surface area contributed by atoms with E-state index < -0.39 is 6.09 Å². The van der Waals surface area contributed by atoms with Crippen molar-refractivity contribution in [3.63, 3.8) is 0 Å². The van der Waals surface area contributed by atoms with Crippen molar-refractivity contribution in [1.82, 2.24) is 14.4 Å². The third kappa shape index (κ3) is 4.74. The molecule has 0 spiro atoms. The Morgan fingerprint density at radius 1 is 1.06 bits per heavy atom. The van der Waals surface area contributed by atoms with Gasteiger partial charge in [-0.2, -0.15) is 0 Å². The molecule has 1 aromatic heterocycles. The van der Waals surface area contributed by atoms with Crippen LogP contribution in [0, 0.1) is 0 Å². The van der Waals surface area contributed by atoms with E-state index in [0.29, 0.717) is 18.7 Å². The lowest BCUT2D eigenvalue weighted by Crippen LogP contribution is -2.38. The number of rotatable bonds is 5. The van der Waals surface area contributed by atoms with Crippen molar-refractivity contribution in [3.05, 3.63) is 71.6 Å². The van der Waals surface area contributed by atoms with Gasteiger partial charge in [0.15, 0.2) is 0 Å². The quantitative estimate of drug-likeness (QED) is 0.535. The smallest absolute Gasteiger partial charge is 0.418 e. The molecular weight excluding hydrogens is 458 g/mol. The number of amides is 1. The van der Waals surface area contributed by atoms with E-state index in [1.807, 2.05) is 42.5 Å². The van der Waals surface area contributed by atoms with Gasteiger partial charge in [0, 0.05) is 49.2 Å². The SMILES string of the molecule is COC(=O)n1c2c(c3ccccc31)C(C)CN(C(=O)c1ccc(OCCN3CCOCC3)cc1)C=C2. The summed E-state index contributed by atoms with van der Waals surface area (Å²) in [5.74, 6) is 0.653. The van der Waals surface area contributed by atoms with Gasteiger partial charge < -0.3 is 19.1 Å². The highest BCUT2D eigenvalue weighted by molar-refractivity contribution is 5.98. The maximum Gasteiger partial charge on any atom is 0.418 e. The van der Waals surface area contributed by atoms with Crippen LogP contribution in [-0.2, 0) is 9.47 Å². The van der Waals surface area contributed by atoms with Crippen LogP contribution >= 0.6 is 0 Å². The minimum atomic E-state index is -0.451. The molecule has 8 heteroatoms. The third-order valence-corrected chi connectivity index (χ3v) is 6.83. The Kier molecular flexibility index (Phi) is 7.06. The lowest BCUT2D eigenvalue weighted by Gasteiger charge is -2.26. The van der Waals surface area contributed by atoms with Crippen molar-refractivity contribution < 1.29 is 23.8 Å². The number of ether oxygens (including phenoxy) is 3. The summed E-state index contributed by atoms with van der Waals surface area (Å²) in [6.45, 7) is 7.41. The maximum absolute atomic E-state index is 13.4. The Bertz CT molecular complexity index is 1270. The number of nitrogens with zero attached hydrogens (tertiary/aromatic N) is 3. The minimum Gasteiger partial charge on any atom is -0.492 e. The average Bonchev–Trinajstić information content (AvgIpc) is 3.15. The molecule has 188 valence electrons. The van der Waals surface area contributed by atoms with Crippen LogP contribution in [0.4, 0.5) is 4.79 Å². The Labute approximate surface area is 210 Å². The highest BCUT2D eigenvalue weighted by atomic mass is 16.5. The maximum atomic E-state index is 13.4. The molecule has 36 heavy (non-hydrogen) atoms. The molecule has 1 saturated heterocycles. The van der Waals surface area contributed by atoms with Crippen LogP contribution in [0.5, 0.6) is 5.75 Å². The fourth-order valence-electron chi connectivity index (χ4n) is 4.99. The van der Waals surface area contributed by atoms with E-state index in [9.17, 15) is 9.59 Å². The van der Waals surface area contributed by atoms with Gasteiger partial charge in [-0.05, 0) is 42.0 Å². The average molecular weight is 490 g/mol. The topological polar surface area (TPSA) is 73.2 Å². The highest BCUT2D eigenvalue weighted by Crippen LogP contribution is 2.36. The first-order valence-corrected chi connectivity index (χ1v) is 12.3. The van der Waals surface area contributed by atoms with Crippen LogP contribution in [0.25, 0.3) is 17.0 Å². The summed E-state index contributed by atoms with van der Waals surface area (Å²) in [4.78, 5) is 30.0. The van der Waals surface area contributed by atoms with E-state index >= 15 is 0 Å². The Balaban J connectivity index is 1.31. The van der Waals surface area contributed by atoms with Crippen LogP contribution in [0.1, 0.15) is 34.5 Å². The molecule has 1 fully saturated rings. The first-order chi connectivity index (χ1) is 17.6. The van der Waals surface area contributed by atoms with Gasteiger partial charge in [-0.15, -0.1) is 0 Å². The molecule has 1 atom stereocenters. The molecule has 0 bridgehead atoms. The number of hydrogen-bond donors (Lipinski definition) is 0. The second-order valence-electron chi connectivity index (χ2n) is 9.12. The third-order valence-electron chi connectivity index (χ3n) is 6.83. The Hall–Kier alpha value is -3.62. The first kappa shape index (κ1) is 24.1. The summed E-state index contributed by atoms with van der Waals surface area (Å²) in [5.41, 5.74) is 3.16. The highest BCUT2D eigenvalue weighted by Gasteiger charge is 2.28. The second kappa shape index (κ2) is 10.6. The van der Waals surface area contributed by atoms with E-state index in [1.165, 1.54) is 7.11 Å². The predicted octanol–water partition coefficient (Wildman–Crippen LogP) is 4.20. The number of fused-ring (bicyclic) bond motifs is 3. The van der Waals surface area contributed by atoms with Crippen LogP contribution in [0.2, 0.25) is 0 Å². The molecule has 5 rings (SSSR count). The summed E-state index contributed by atoms with van der Waals surface area (Å²) in [6.07, 6.45) is 3.14. The van der Waals surface area contributed by atoms with Crippen LogP contribution in [0.15, 0.2) is 54.7 Å². The molecule has 2 aromatic carbocycles.